The van der Waals surface area contributed by atoms with Crippen LogP contribution in [0.15, 0.2) is 18.2 Å². The van der Waals surface area contributed by atoms with Crippen molar-refractivity contribution in [2.24, 2.45) is 0 Å². The summed E-state index contributed by atoms with van der Waals surface area (Å²) in [5, 5.41) is 2.33. The normalized spacial score (nSPS) is 21.2. The third kappa shape index (κ3) is 3.44. The first-order valence-electron chi connectivity index (χ1n) is 6.71. The van der Waals surface area contributed by atoms with Crippen molar-refractivity contribution < 1.29 is 31.9 Å². The molecule has 1 heterocycles. The lowest BCUT2D eigenvalue weighted by Gasteiger charge is -2.22. The maximum Gasteiger partial charge on any atom is 0.325 e. The molecule has 0 saturated carbocycles. The van der Waals surface area contributed by atoms with Crippen molar-refractivity contribution in [3.8, 4) is 0 Å². The van der Waals surface area contributed by atoms with Crippen molar-refractivity contribution >= 4 is 11.9 Å². The van der Waals surface area contributed by atoms with Crippen molar-refractivity contribution in [2.45, 2.75) is 18.9 Å². The maximum atomic E-state index is 13.9. The van der Waals surface area contributed by atoms with E-state index in [2.05, 4.69) is 10.1 Å². The Hall–Kier alpha value is -2.16. The summed E-state index contributed by atoms with van der Waals surface area (Å²) in [5.74, 6) is -2.56. The molecule has 1 unspecified atom stereocenters. The molecular formula is C14H14F4N2O3. The van der Waals surface area contributed by atoms with Gasteiger partial charge in [0.25, 0.3) is 12.3 Å². The molecule has 0 radical (unpaired) electrons. The van der Waals surface area contributed by atoms with Gasteiger partial charge in [-0.1, -0.05) is 6.07 Å². The minimum Gasteiger partial charge on any atom is -0.374 e. The lowest BCUT2D eigenvalue weighted by atomic mass is 9.91. The van der Waals surface area contributed by atoms with E-state index in [-0.39, 0.29) is 18.7 Å². The lowest BCUT2D eigenvalue weighted by molar-refractivity contribution is -0.131. The second kappa shape index (κ2) is 6.53. The van der Waals surface area contributed by atoms with E-state index in [1.807, 2.05) is 0 Å². The Bertz CT molecular complexity index is 626. The van der Waals surface area contributed by atoms with Gasteiger partial charge in [0.15, 0.2) is 0 Å². The van der Waals surface area contributed by atoms with E-state index in [1.54, 1.807) is 0 Å². The van der Waals surface area contributed by atoms with E-state index in [9.17, 15) is 27.2 Å². The van der Waals surface area contributed by atoms with Crippen LogP contribution in [0.1, 0.15) is 12.5 Å². The van der Waals surface area contributed by atoms with Crippen LogP contribution in [0.2, 0.25) is 0 Å². The van der Waals surface area contributed by atoms with Crippen LogP contribution in [0.4, 0.5) is 22.4 Å². The molecule has 1 atom stereocenters. The monoisotopic (exact) mass is 334 g/mol. The predicted molar refractivity (Wildman–Crippen MR) is 70.8 cm³/mol. The van der Waals surface area contributed by atoms with E-state index in [0.717, 1.165) is 17.0 Å². The number of hydrogen-bond acceptors (Lipinski definition) is 3. The fraction of sp³-hybridized carbons (Fsp3) is 0.429. The van der Waals surface area contributed by atoms with Crippen molar-refractivity contribution in [3.63, 3.8) is 0 Å². The number of nitrogens with one attached hydrogen (secondary N) is 1. The quantitative estimate of drug-likeness (QED) is 0.492. The molecule has 5 nitrogen and oxygen atoms in total. The molecule has 0 aromatic heterocycles. The van der Waals surface area contributed by atoms with E-state index in [0.29, 0.717) is 6.07 Å². The van der Waals surface area contributed by atoms with E-state index in [1.165, 1.54) is 6.92 Å². The molecule has 2 rings (SSSR count). The Kier molecular flexibility index (Phi) is 4.88. The number of halogens is 4. The van der Waals surface area contributed by atoms with Gasteiger partial charge in [0.2, 0.25) is 0 Å². The summed E-state index contributed by atoms with van der Waals surface area (Å²) >= 11 is 0. The zero-order chi connectivity index (χ0) is 17.2. The number of nitrogens with zero attached hydrogens (tertiary/aromatic N) is 1. The maximum absolute atomic E-state index is 13.9. The molecule has 1 aromatic rings. The van der Waals surface area contributed by atoms with Gasteiger partial charge in [0.1, 0.15) is 23.8 Å². The number of imide groups is 1. The fourth-order valence-electron chi connectivity index (χ4n) is 2.31. The van der Waals surface area contributed by atoms with Crippen LogP contribution in [-0.2, 0) is 15.1 Å². The van der Waals surface area contributed by atoms with Crippen LogP contribution >= 0.6 is 0 Å². The van der Waals surface area contributed by atoms with Gasteiger partial charge in [-0.25, -0.2) is 22.4 Å². The summed E-state index contributed by atoms with van der Waals surface area (Å²) in [6.07, 6.45) is -2.66. The second-order valence-corrected chi connectivity index (χ2v) is 5.10. The average Bonchev–Trinajstić information content (AvgIpc) is 2.66. The summed E-state index contributed by atoms with van der Waals surface area (Å²) in [4.78, 5) is 25.0. The fourth-order valence-corrected chi connectivity index (χ4v) is 2.31. The van der Waals surface area contributed by atoms with Gasteiger partial charge in [-0.2, -0.15) is 0 Å². The molecular weight excluding hydrogens is 320 g/mol. The van der Waals surface area contributed by atoms with Gasteiger partial charge in [-0.15, -0.1) is 0 Å². The average molecular weight is 334 g/mol. The number of carbonyl (C=O) groups is 2. The van der Waals surface area contributed by atoms with E-state index in [4.69, 9.17) is 0 Å². The zero-order valence-corrected chi connectivity index (χ0v) is 12.1. The molecule has 0 spiro atoms. The lowest BCUT2D eigenvalue weighted by Crippen LogP contribution is -2.42. The summed E-state index contributed by atoms with van der Waals surface area (Å²) in [5.41, 5.74) is -1.88. The number of rotatable bonds is 6. The molecule has 9 heteroatoms. The number of benzene rings is 1. The smallest absolute Gasteiger partial charge is 0.325 e. The molecule has 1 saturated heterocycles. The van der Waals surface area contributed by atoms with E-state index < -0.39 is 42.1 Å². The van der Waals surface area contributed by atoms with Crippen LogP contribution in [0.25, 0.3) is 0 Å². The number of ether oxygens (including phenoxy) is 1. The van der Waals surface area contributed by atoms with Crippen LogP contribution in [0.5, 0.6) is 0 Å². The van der Waals surface area contributed by atoms with Gasteiger partial charge in [-0.3, -0.25) is 9.69 Å². The molecule has 1 N–H and O–H groups in total. The summed E-state index contributed by atoms with van der Waals surface area (Å²) in [6.45, 7) is -0.0572. The minimum atomic E-state index is -2.66. The Balaban J connectivity index is 2.13. The second-order valence-electron chi connectivity index (χ2n) is 5.10. The molecule has 1 aliphatic heterocycles. The molecule has 23 heavy (non-hydrogen) atoms. The van der Waals surface area contributed by atoms with E-state index >= 15 is 0 Å². The van der Waals surface area contributed by atoms with Crippen molar-refractivity contribution in [1.29, 1.82) is 0 Å². The van der Waals surface area contributed by atoms with Crippen molar-refractivity contribution in [2.75, 3.05) is 19.8 Å². The van der Waals surface area contributed by atoms with Gasteiger partial charge < -0.3 is 10.1 Å². The zero-order valence-electron chi connectivity index (χ0n) is 12.1. The Morgan fingerprint density at radius 1 is 1.30 bits per heavy atom. The minimum absolute atomic E-state index is 0.187. The van der Waals surface area contributed by atoms with Gasteiger partial charge in [-0.05, 0) is 13.0 Å². The predicted octanol–water partition coefficient (Wildman–Crippen LogP) is 2.01. The Morgan fingerprint density at radius 3 is 2.61 bits per heavy atom. The van der Waals surface area contributed by atoms with Crippen LogP contribution in [0.3, 0.4) is 0 Å². The van der Waals surface area contributed by atoms with Gasteiger partial charge in [0.05, 0.1) is 13.2 Å². The highest BCUT2D eigenvalue weighted by atomic mass is 19.3. The number of amides is 3. The highest BCUT2D eigenvalue weighted by Gasteiger charge is 2.50. The first-order chi connectivity index (χ1) is 10.8. The number of alkyl halides is 2. The molecule has 1 aliphatic rings. The van der Waals surface area contributed by atoms with Gasteiger partial charge >= 0.3 is 6.03 Å². The van der Waals surface area contributed by atoms with Crippen molar-refractivity contribution in [3.05, 3.63) is 35.4 Å². The van der Waals surface area contributed by atoms with Crippen LogP contribution in [-0.4, -0.2) is 43.0 Å². The molecule has 126 valence electrons. The topological polar surface area (TPSA) is 58.6 Å². The molecule has 1 fully saturated rings. The van der Waals surface area contributed by atoms with Crippen LogP contribution in [0, 0.1) is 11.6 Å². The first kappa shape index (κ1) is 17.2. The summed E-state index contributed by atoms with van der Waals surface area (Å²) < 4.78 is 55.4. The summed E-state index contributed by atoms with van der Waals surface area (Å²) in [7, 11) is 0. The van der Waals surface area contributed by atoms with Crippen molar-refractivity contribution in [1.82, 2.24) is 10.2 Å². The Morgan fingerprint density at radius 2 is 2.00 bits per heavy atom. The third-order valence-corrected chi connectivity index (χ3v) is 3.45. The Labute approximate surface area is 129 Å². The highest BCUT2D eigenvalue weighted by molar-refractivity contribution is 6.07. The SMILES string of the molecule is CC1(c2ccc(F)cc2F)NC(=O)N(CCOCC(F)F)C1=O. The number of carbonyl (C=O) groups excluding carboxylic acids is 2. The third-order valence-electron chi connectivity index (χ3n) is 3.45. The number of hydrogen-bond donors (Lipinski definition) is 1. The molecule has 0 aliphatic carbocycles. The summed E-state index contributed by atoms with van der Waals surface area (Å²) in [6, 6.07) is 1.84. The molecule has 3 amide bonds. The standard InChI is InChI=1S/C14H14F4N2O3/c1-14(9-3-2-8(15)6-10(9)16)12(21)20(13(22)19-14)4-5-23-7-11(17)18/h2-3,6,11H,4-5,7H2,1H3,(H,19,22). The van der Waals surface area contributed by atoms with Gasteiger partial charge in [0, 0.05) is 11.6 Å². The van der Waals surface area contributed by atoms with Crippen LogP contribution < -0.4 is 5.32 Å². The first-order valence-corrected chi connectivity index (χ1v) is 6.71. The highest BCUT2D eigenvalue weighted by Crippen LogP contribution is 2.30. The molecule has 1 aromatic carbocycles. The molecule has 0 bridgehead atoms. The largest absolute Gasteiger partial charge is 0.374 e. The number of urea groups is 1.